The second-order valence-corrected chi connectivity index (χ2v) is 8.71. The molecule has 6 rings (SSSR count). The van der Waals surface area contributed by atoms with Crippen LogP contribution in [0, 0.1) is 0 Å². The van der Waals surface area contributed by atoms with Gasteiger partial charge in [-0.2, -0.15) is 0 Å². The van der Waals surface area contributed by atoms with Gasteiger partial charge >= 0.3 is 0 Å². The number of nitrogens with zero attached hydrogens (tertiary/aromatic N) is 2. The fourth-order valence-electron chi connectivity index (χ4n) is 4.49. The van der Waals surface area contributed by atoms with E-state index >= 15 is 0 Å². The lowest BCUT2D eigenvalue weighted by Gasteiger charge is -2.11. The molecule has 1 unspecified atom stereocenters. The highest BCUT2D eigenvalue weighted by Crippen LogP contribution is 2.31. The third-order valence-electron chi connectivity index (χ3n) is 5.82. The van der Waals surface area contributed by atoms with E-state index in [-0.39, 0.29) is 0 Å². The number of hydrogen-bond acceptors (Lipinski definition) is 0. The molecule has 2 heterocycles. The van der Waals surface area contributed by atoms with Gasteiger partial charge in [0, 0.05) is 38.5 Å². The van der Waals surface area contributed by atoms with Crippen LogP contribution in [0.25, 0.3) is 45.3 Å². The van der Waals surface area contributed by atoms with Crippen molar-refractivity contribution in [3.8, 4) is 11.4 Å². The Hall–Kier alpha value is -3.04. The molecule has 2 nitrogen and oxygen atoms in total. The first-order valence-corrected chi connectivity index (χ1v) is 10.8. The number of fused-ring (bicyclic) bond motifs is 4. The van der Waals surface area contributed by atoms with Crippen LogP contribution in [-0.4, -0.2) is 14.0 Å². The van der Waals surface area contributed by atoms with E-state index in [1.807, 2.05) is 0 Å². The van der Waals surface area contributed by atoms with E-state index < -0.39 is 0 Å². The molecule has 5 aromatic rings. The van der Waals surface area contributed by atoms with Crippen LogP contribution >= 0.6 is 15.9 Å². The monoisotopic (exact) mass is 438 g/mol. The molecule has 1 aliphatic carbocycles. The van der Waals surface area contributed by atoms with Gasteiger partial charge in [-0.1, -0.05) is 64.5 Å². The summed E-state index contributed by atoms with van der Waals surface area (Å²) < 4.78 is 4.63. The fraction of sp³-hybridized carbons (Fsp3) is 0.0769. The zero-order valence-corrected chi connectivity index (χ0v) is 17.4. The summed E-state index contributed by atoms with van der Waals surface area (Å²) in [5.74, 6) is 0. The number of alkyl halides is 1. The smallest absolute Gasteiger partial charge is 0.0541 e. The van der Waals surface area contributed by atoms with Crippen molar-refractivity contribution in [1.82, 2.24) is 9.13 Å². The van der Waals surface area contributed by atoms with Crippen LogP contribution in [0.1, 0.15) is 6.42 Å². The van der Waals surface area contributed by atoms with Gasteiger partial charge in [0.1, 0.15) is 0 Å². The maximum atomic E-state index is 3.70. The highest BCUT2D eigenvalue weighted by molar-refractivity contribution is 9.09. The minimum atomic E-state index is 0.434. The van der Waals surface area contributed by atoms with Gasteiger partial charge in [0.15, 0.2) is 0 Å². The Morgan fingerprint density at radius 1 is 0.724 bits per heavy atom. The van der Waals surface area contributed by atoms with Crippen LogP contribution in [0.2, 0.25) is 0 Å². The number of hydrogen-bond donors (Lipinski definition) is 0. The molecule has 29 heavy (non-hydrogen) atoms. The number of para-hydroxylation sites is 2. The van der Waals surface area contributed by atoms with E-state index in [0.29, 0.717) is 4.83 Å². The molecule has 1 atom stereocenters. The summed E-state index contributed by atoms with van der Waals surface area (Å²) in [6.45, 7) is 0. The Morgan fingerprint density at radius 3 is 2.03 bits per heavy atom. The average molecular weight is 439 g/mol. The first-order valence-electron chi connectivity index (χ1n) is 9.92. The highest BCUT2D eigenvalue weighted by atomic mass is 79.9. The maximum absolute atomic E-state index is 3.70. The molecule has 3 heteroatoms. The first-order chi connectivity index (χ1) is 14.3. The molecule has 0 radical (unpaired) electrons. The van der Waals surface area contributed by atoms with Gasteiger partial charge in [-0.3, -0.25) is 0 Å². The van der Waals surface area contributed by atoms with E-state index in [4.69, 9.17) is 0 Å². The van der Waals surface area contributed by atoms with Crippen molar-refractivity contribution >= 4 is 49.9 Å². The van der Waals surface area contributed by atoms with Crippen molar-refractivity contribution in [1.29, 1.82) is 0 Å². The molecule has 0 aliphatic heterocycles. The Labute approximate surface area is 177 Å². The maximum Gasteiger partial charge on any atom is 0.0541 e. The van der Waals surface area contributed by atoms with Crippen molar-refractivity contribution < 1.29 is 0 Å². The predicted molar refractivity (Wildman–Crippen MR) is 126 cm³/mol. The second-order valence-electron chi connectivity index (χ2n) is 7.53. The molecule has 2 aromatic heterocycles. The lowest BCUT2D eigenvalue weighted by molar-refractivity contribution is 1.00. The Morgan fingerprint density at radius 2 is 1.34 bits per heavy atom. The molecular weight excluding hydrogens is 420 g/mol. The quantitative estimate of drug-likeness (QED) is 0.331. The van der Waals surface area contributed by atoms with E-state index in [2.05, 4.69) is 122 Å². The third-order valence-corrected chi connectivity index (χ3v) is 6.46. The van der Waals surface area contributed by atoms with Crippen molar-refractivity contribution in [3.63, 3.8) is 0 Å². The largest absolute Gasteiger partial charge is 0.317 e. The molecule has 0 bridgehead atoms. The molecule has 0 N–H and O–H groups in total. The molecule has 0 fully saturated rings. The van der Waals surface area contributed by atoms with Gasteiger partial charge in [0.05, 0.1) is 11.0 Å². The molecule has 1 aliphatic rings. The predicted octanol–water partition coefficient (Wildman–Crippen LogP) is 5.30. The van der Waals surface area contributed by atoms with Crippen LogP contribution in [0.3, 0.4) is 0 Å². The van der Waals surface area contributed by atoms with E-state index in [1.165, 1.54) is 43.7 Å². The zero-order valence-electron chi connectivity index (χ0n) is 15.8. The summed E-state index contributed by atoms with van der Waals surface area (Å²) in [7, 11) is 0. The molecule has 3 aromatic carbocycles. The molecule has 0 saturated heterocycles. The SMILES string of the molecule is BrC1C=c2ccn(-c3ccc(-n4c5ccccc5c5ccccc54)cc3)c2=CC1. The Balaban J connectivity index is 1.52. The van der Waals surface area contributed by atoms with Crippen LogP contribution in [-0.2, 0) is 0 Å². The van der Waals surface area contributed by atoms with Crippen LogP contribution in [0.4, 0.5) is 0 Å². The summed E-state index contributed by atoms with van der Waals surface area (Å²) in [4.78, 5) is 0.434. The average Bonchev–Trinajstić information content (AvgIpc) is 3.33. The topological polar surface area (TPSA) is 9.86 Å². The van der Waals surface area contributed by atoms with Crippen molar-refractivity contribution in [3.05, 3.63) is 95.6 Å². The van der Waals surface area contributed by atoms with Crippen molar-refractivity contribution in [2.75, 3.05) is 0 Å². The lowest BCUT2D eigenvalue weighted by atomic mass is 10.2. The van der Waals surface area contributed by atoms with E-state index in [1.54, 1.807) is 0 Å². The standard InChI is InChI=1S/C26H19BrN2/c27-19-9-14-24-18(17-19)15-16-28(24)20-10-12-21(13-11-20)29-25-7-3-1-5-22(25)23-6-2-4-8-26(23)29/h1-8,10-17,19H,9H2. The molecular formula is C26H19BrN2. The minimum Gasteiger partial charge on any atom is -0.317 e. The lowest BCUT2D eigenvalue weighted by Crippen LogP contribution is -2.31. The van der Waals surface area contributed by atoms with Crippen LogP contribution < -0.4 is 10.6 Å². The molecule has 0 spiro atoms. The summed E-state index contributed by atoms with van der Waals surface area (Å²) in [5.41, 5.74) is 4.86. The summed E-state index contributed by atoms with van der Waals surface area (Å²) >= 11 is 3.70. The third kappa shape index (κ3) is 2.61. The normalized spacial score (nSPS) is 15.8. The number of rotatable bonds is 2. The number of aromatic nitrogens is 2. The van der Waals surface area contributed by atoms with Crippen LogP contribution in [0.5, 0.6) is 0 Å². The van der Waals surface area contributed by atoms with Crippen molar-refractivity contribution in [2.24, 2.45) is 0 Å². The van der Waals surface area contributed by atoms with E-state index in [9.17, 15) is 0 Å². The van der Waals surface area contributed by atoms with Gasteiger partial charge in [0.2, 0.25) is 0 Å². The van der Waals surface area contributed by atoms with Crippen LogP contribution in [0.15, 0.2) is 85.1 Å². The number of benzene rings is 3. The van der Waals surface area contributed by atoms with Gasteiger partial charge in [-0.05, 0) is 54.1 Å². The van der Waals surface area contributed by atoms with Gasteiger partial charge < -0.3 is 9.13 Å². The minimum absolute atomic E-state index is 0.434. The van der Waals surface area contributed by atoms with Gasteiger partial charge in [-0.15, -0.1) is 0 Å². The Bertz CT molecular complexity index is 1430. The van der Waals surface area contributed by atoms with Gasteiger partial charge in [0.25, 0.3) is 0 Å². The summed E-state index contributed by atoms with van der Waals surface area (Å²) in [6.07, 6.45) is 7.79. The Kier molecular flexibility index (Phi) is 3.78. The molecule has 0 saturated carbocycles. The molecule has 0 amide bonds. The molecule has 140 valence electrons. The summed E-state index contributed by atoms with van der Waals surface area (Å²) in [5, 5.41) is 5.16. The highest BCUT2D eigenvalue weighted by Gasteiger charge is 2.12. The fourth-order valence-corrected chi connectivity index (χ4v) is 4.96. The zero-order chi connectivity index (χ0) is 19.4. The number of halogens is 1. The first kappa shape index (κ1) is 16.9. The van der Waals surface area contributed by atoms with Gasteiger partial charge in [-0.25, -0.2) is 0 Å². The second kappa shape index (κ2) is 6.50. The van der Waals surface area contributed by atoms with Crippen molar-refractivity contribution in [2.45, 2.75) is 11.2 Å². The van der Waals surface area contributed by atoms with E-state index in [0.717, 1.165) is 6.42 Å². The summed E-state index contributed by atoms with van der Waals surface area (Å²) in [6, 6.07) is 28.3.